The average Bonchev–Trinajstić information content (AvgIpc) is 2.78. The van der Waals surface area contributed by atoms with E-state index in [2.05, 4.69) is 30.1 Å². The Balaban J connectivity index is 1.98. The molecule has 17 heavy (non-hydrogen) atoms. The van der Waals surface area contributed by atoms with Gasteiger partial charge in [0.1, 0.15) is 5.75 Å². The van der Waals surface area contributed by atoms with Gasteiger partial charge in [-0.25, -0.2) is 0 Å². The van der Waals surface area contributed by atoms with E-state index in [1.54, 1.807) is 7.11 Å². The number of para-hydroxylation sites is 2. The number of benzene rings is 1. The molecule has 1 aliphatic heterocycles. The zero-order chi connectivity index (χ0) is 12.3. The predicted molar refractivity (Wildman–Crippen MR) is 71.7 cm³/mol. The van der Waals surface area contributed by atoms with Crippen molar-refractivity contribution in [2.45, 2.75) is 32.4 Å². The van der Waals surface area contributed by atoms with Crippen molar-refractivity contribution in [2.24, 2.45) is 0 Å². The molecule has 0 radical (unpaired) electrons. The Morgan fingerprint density at radius 2 is 2.12 bits per heavy atom. The van der Waals surface area contributed by atoms with Crippen LogP contribution in [0.1, 0.15) is 20.3 Å². The quantitative estimate of drug-likeness (QED) is 0.866. The van der Waals surface area contributed by atoms with Gasteiger partial charge in [-0.15, -0.1) is 0 Å². The van der Waals surface area contributed by atoms with Crippen LogP contribution in [0.4, 0.5) is 5.69 Å². The normalized spacial score (nSPS) is 20.8. The lowest BCUT2D eigenvalue weighted by Gasteiger charge is -2.21. The first kappa shape index (κ1) is 12.2. The third-order valence-electron chi connectivity index (χ3n) is 3.42. The van der Waals surface area contributed by atoms with Gasteiger partial charge >= 0.3 is 0 Å². The molecule has 94 valence electrons. The summed E-state index contributed by atoms with van der Waals surface area (Å²) in [6, 6.07) is 9.29. The first-order valence-electron chi connectivity index (χ1n) is 6.34. The van der Waals surface area contributed by atoms with Gasteiger partial charge in [-0.2, -0.15) is 0 Å². The molecule has 0 aromatic heterocycles. The third-order valence-corrected chi connectivity index (χ3v) is 3.42. The van der Waals surface area contributed by atoms with Gasteiger partial charge in [0.2, 0.25) is 0 Å². The van der Waals surface area contributed by atoms with E-state index >= 15 is 0 Å². The molecule has 1 aromatic rings. The van der Waals surface area contributed by atoms with Crippen LogP contribution in [0.15, 0.2) is 24.3 Å². The van der Waals surface area contributed by atoms with Crippen molar-refractivity contribution in [1.29, 1.82) is 0 Å². The van der Waals surface area contributed by atoms with E-state index in [1.807, 2.05) is 18.2 Å². The fraction of sp³-hybridized carbons (Fsp3) is 0.571. The molecule has 3 heteroatoms. The number of ether oxygens (including phenoxy) is 1. The van der Waals surface area contributed by atoms with E-state index in [1.165, 1.54) is 13.0 Å². The van der Waals surface area contributed by atoms with Crippen molar-refractivity contribution >= 4 is 5.69 Å². The Bertz CT molecular complexity index is 365. The van der Waals surface area contributed by atoms with E-state index < -0.39 is 0 Å². The number of rotatable bonds is 4. The maximum atomic E-state index is 5.35. The standard InChI is InChI=1S/C14H22N2O/c1-11(2)16-9-8-12(10-16)15-13-6-4-5-7-14(13)17-3/h4-7,11-12,15H,8-10H2,1-3H3. The third kappa shape index (κ3) is 2.91. The van der Waals surface area contributed by atoms with Crippen LogP contribution in [-0.4, -0.2) is 37.2 Å². The monoisotopic (exact) mass is 234 g/mol. The molecule has 1 aliphatic rings. The molecular formula is C14H22N2O. The van der Waals surface area contributed by atoms with Gasteiger partial charge in [0.15, 0.2) is 0 Å². The summed E-state index contributed by atoms with van der Waals surface area (Å²) >= 11 is 0. The van der Waals surface area contributed by atoms with Gasteiger partial charge in [0, 0.05) is 25.2 Å². The summed E-state index contributed by atoms with van der Waals surface area (Å²) in [5.41, 5.74) is 1.10. The van der Waals surface area contributed by atoms with Crippen LogP contribution < -0.4 is 10.1 Å². The van der Waals surface area contributed by atoms with Crippen LogP contribution >= 0.6 is 0 Å². The van der Waals surface area contributed by atoms with Crippen molar-refractivity contribution < 1.29 is 4.74 Å². The van der Waals surface area contributed by atoms with Crippen LogP contribution in [0.3, 0.4) is 0 Å². The van der Waals surface area contributed by atoms with Crippen LogP contribution in [-0.2, 0) is 0 Å². The smallest absolute Gasteiger partial charge is 0.141 e. The zero-order valence-corrected chi connectivity index (χ0v) is 10.9. The highest BCUT2D eigenvalue weighted by atomic mass is 16.5. The maximum Gasteiger partial charge on any atom is 0.141 e. The van der Waals surface area contributed by atoms with Crippen LogP contribution in [0.25, 0.3) is 0 Å². The molecule has 1 saturated heterocycles. The highest BCUT2D eigenvalue weighted by molar-refractivity contribution is 5.56. The second-order valence-electron chi connectivity index (χ2n) is 4.92. The minimum absolute atomic E-state index is 0.536. The molecule has 0 spiro atoms. The van der Waals surface area contributed by atoms with Gasteiger partial charge in [0.25, 0.3) is 0 Å². The first-order chi connectivity index (χ1) is 8.20. The van der Waals surface area contributed by atoms with Crippen molar-refractivity contribution in [2.75, 3.05) is 25.5 Å². The molecule has 2 rings (SSSR count). The van der Waals surface area contributed by atoms with Crippen LogP contribution in [0.2, 0.25) is 0 Å². The molecule has 1 aromatic carbocycles. The van der Waals surface area contributed by atoms with Crippen molar-refractivity contribution in [3.8, 4) is 5.75 Å². The van der Waals surface area contributed by atoms with Crippen molar-refractivity contribution in [1.82, 2.24) is 4.90 Å². The SMILES string of the molecule is COc1ccccc1NC1CCN(C(C)C)C1. The average molecular weight is 234 g/mol. The van der Waals surface area contributed by atoms with Crippen LogP contribution in [0.5, 0.6) is 5.75 Å². The minimum Gasteiger partial charge on any atom is -0.495 e. The Kier molecular flexibility index (Phi) is 3.89. The van der Waals surface area contributed by atoms with E-state index in [-0.39, 0.29) is 0 Å². The molecule has 1 unspecified atom stereocenters. The lowest BCUT2D eigenvalue weighted by Crippen LogP contribution is -2.31. The van der Waals surface area contributed by atoms with E-state index in [0.29, 0.717) is 12.1 Å². The number of anilines is 1. The molecule has 3 nitrogen and oxygen atoms in total. The maximum absolute atomic E-state index is 5.35. The Morgan fingerprint density at radius 1 is 1.35 bits per heavy atom. The highest BCUT2D eigenvalue weighted by Crippen LogP contribution is 2.26. The summed E-state index contributed by atoms with van der Waals surface area (Å²) in [4.78, 5) is 2.51. The molecule has 1 atom stereocenters. The minimum atomic E-state index is 0.536. The van der Waals surface area contributed by atoms with Crippen molar-refractivity contribution in [3.63, 3.8) is 0 Å². The summed E-state index contributed by atoms with van der Waals surface area (Å²) in [6.07, 6.45) is 1.20. The van der Waals surface area contributed by atoms with Crippen molar-refractivity contribution in [3.05, 3.63) is 24.3 Å². The fourth-order valence-electron chi connectivity index (χ4n) is 2.36. The Hall–Kier alpha value is -1.22. The van der Waals surface area contributed by atoms with E-state index in [4.69, 9.17) is 4.74 Å². The Labute approximate surface area is 104 Å². The molecule has 0 amide bonds. The Morgan fingerprint density at radius 3 is 2.76 bits per heavy atom. The summed E-state index contributed by atoms with van der Waals surface area (Å²) < 4.78 is 5.35. The van der Waals surface area contributed by atoms with Gasteiger partial charge in [0.05, 0.1) is 12.8 Å². The molecule has 0 aliphatic carbocycles. The summed E-state index contributed by atoms with van der Waals surface area (Å²) in [7, 11) is 1.72. The molecular weight excluding hydrogens is 212 g/mol. The predicted octanol–water partition coefficient (Wildman–Crippen LogP) is 2.59. The molecule has 0 bridgehead atoms. The molecule has 1 heterocycles. The number of nitrogens with one attached hydrogen (secondary N) is 1. The lowest BCUT2D eigenvalue weighted by molar-refractivity contribution is 0.274. The number of nitrogens with zero attached hydrogens (tertiary/aromatic N) is 1. The summed E-state index contributed by atoms with van der Waals surface area (Å²) in [6.45, 7) is 6.82. The molecule has 1 fully saturated rings. The topological polar surface area (TPSA) is 24.5 Å². The summed E-state index contributed by atoms with van der Waals surface area (Å²) in [5, 5.41) is 3.58. The van der Waals surface area contributed by atoms with Gasteiger partial charge in [-0.1, -0.05) is 12.1 Å². The van der Waals surface area contributed by atoms with E-state index in [9.17, 15) is 0 Å². The number of hydrogen-bond donors (Lipinski definition) is 1. The second-order valence-corrected chi connectivity index (χ2v) is 4.92. The number of likely N-dealkylation sites (tertiary alicyclic amines) is 1. The lowest BCUT2D eigenvalue weighted by atomic mass is 10.2. The largest absolute Gasteiger partial charge is 0.495 e. The molecule has 1 N–H and O–H groups in total. The first-order valence-corrected chi connectivity index (χ1v) is 6.34. The van der Waals surface area contributed by atoms with Gasteiger partial charge in [-0.05, 0) is 32.4 Å². The highest BCUT2D eigenvalue weighted by Gasteiger charge is 2.24. The second kappa shape index (κ2) is 5.41. The number of methoxy groups -OCH3 is 1. The van der Waals surface area contributed by atoms with E-state index in [0.717, 1.165) is 18.0 Å². The number of hydrogen-bond acceptors (Lipinski definition) is 3. The fourth-order valence-corrected chi connectivity index (χ4v) is 2.36. The zero-order valence-electron chi connectivity index (χ0n) is 10.9. The van der Waals surface area contributed by atoms with Crippen LogP contribution in [0, 0.1) is 0 Å². The van der Waals surface area contributed by atoms with Gasteiger partial charge in [-0.3, -0.25) is 4.90 Å². The van der Waals surface area contributed by atoms with Gasteiger partial charge < -0.3 is 10.1 Å². The molecule has 0 saturated carbocycles. The summed E-state index contributed by atoms with van der Waals surface area (Å²) in [5.74, 6) is 0.926.